The van der Waals surface area contributed by atoms with Gasteiger partial charge in [0.05, 0.1) is 4.90 Å². The van der Waals surface area contributed by atoms with E-state index in [-0.39, 0.29) is 10.8 Å². The highest BCUT2D eigenvalue weighted by Gasteiger charge is 2.21. The van der Waals surface area contributed by atoms with Gasteiger partial charge in [0.25, 0.3) is 10.0 Å². The zero-order chi connectivity index (χ0) is 15.5. The standard InChI is InChI=1S/C12H17N3O4S2/c1-10(16)13-11-2-4-12(5-3-11)21(18,19)14-15-6-8-20(17)9-7-15/h2-5,14H,6-9H2,1H3,(H,13,16). The third-order valence-corrected chi connectivity index (χ3v) is 5.58. The Kier molecular flexibility index (Phi) is 5.09. The number of hydrazine groups is 1. The predicted octanol–water partition coefficient (Wildman–Crippen LogP) is -0.0974. The fourth-order valence-electron chi connectivity index (χ4n) is 1.87. The Morgan fingerprint density at radius 1 is 1.19 bits per heavy atom. The molecular formula is C12H17N3O4S2. The molecule has 0 unspecified atom stereocenters. The molecule has 9 heteroatoms. The van der Waals surface area contributed by atoms with Crippen molar-refractivity contribution in [3.63, 3.8) is 0 Å². The van der Waals surface area contributed by atoms with Gasteiger partial charge in [-0.05, 0) is 24.3 Å². The molecule has 0 bridgehead atoms. The van der Waals surface area contributed by atoms with E-state index < -0.39 is 20.8 Å². The van der Waals surface area contributed by atoms with E-state index in [9.17, 15) is 17.4 Å². The molecule has 0 aromatic heterocycles. The van der Waals surface area contributed by atoms with Crippen molar-refractivity contribution >= 4 is 32.4 Å². The minimum atomic E-state index is -3.66. The molecule has 1 aliphatic heterocycles. The molecule has 0 aliphatic carbocycles. The first kappa shape index (κ1) is 16.1. The van der Waals surface area contributed by atoms with Gasteiger partial charge in [0.15, 0.2) is 0 Å². The van der Waals surface area contributed by atoms with E-state index in [0.717, 1.165) is 0 Å². The molecule has 0 radical (unpaired) electrons. The van der Waals surface area contributed by atoms with Crippen LogP contribution in [0.5, 0.6) is 0 Å². The smallest absolute Gasteiger partial charge is 0.253 e. The van der Waals surface area contributed by atoms with E-state index in [1.165, 1.54) is 31.2 Å². The third-order valence-electron chi connectivity index (χ3n) is 2.91. The van der Waals surface area contributed by atoms with Gasteiger partial charge in [0.2, 0.25) is 5.91 Å². The van der Waals surface area contributed by atoms with Crippen molar-refractivity contribution in [2.24, 2.45) is 0 Å². The van der Waals surface area contributed by atoms with Crippen molar-refractivity contribution < 1.29 is 17.4 Å². The molecule has 1 aromatic carbocycles. The Labute approximate surface area is 126 Å². The highest BCUT2D eigenvalue weighted by molar-refractivity contribution is 7.89. The van der Waals surface area contributed by atoms with Crippen LogP contribution in [-0.2, 0) is 25.6 Å². The van der Waals surface area contributed by atoms with Crippen molar-refractivity contribution in [2.75, 3.05) is 29.9 Å². The summed E-state index contributed by atoms with van der Waals surface area (Å²) in [6.45, 7) is 2.23. The minimum absolute atomic E-state index is 0.114. The van der Waals surface area contributed by atoms with Crippen molar-refractivity contribution in [3.8, 4) is 0 Å². The number of benzene rings is 1. The number of amides is 1. The molecule has 21 heavy (non-hydrogen) atoms. The predicted molar refractivity (Wildman–Crippen MR) is 80.5 cm³/mol. The van der Waals surface area contributed by atoms with Crippen LogP contribution in [0.4, 0.5) is 5.69 Å². The lowest BCUT2D eigenvalue weighted by Gasteiger charge is -2.26. The average molecular weight is 331 g/mol. The maximum absolute atomic E-state index is 12.2. The molecule has 0 spiro atoms. The average Bonchev–Trinajstić information content (AvgIpc) is 2.41. The first-order valence-electron chi connectivity index (χ1n) is 6.37. The van der Waals surface area contributed by atoms with Gasteiger partial charge in [-0.1, -0.05) is 0 Å². The van der Waals surface area contributed by atoms with Crippen LogP contribution in [-0.4, -0.2) is 48.1 Å². The molecule has 116 valence electrons. The Balaban J connectivity index is 2.05. The SMILES string of the molecule is CC(=O)Nc1ccc(S(=O)(=O)NN2CCS(=O)CC2)cc1. The highest BCUT2D eigenvalue weighted by atomic mass is 32.2. The number of rotatable bonds is 4. The van der Waals surface area contributed by atoms with Gasteiger partial charge in [-0.15, -0.1) is 4.83 Å². The summed E-state index contributed by atoms with van der Waals surface area (Å²) in [4.78, 5) is 13.5. The summed E-state index contributed by atoms with van der Waals surface area (Å²) in [5.41, 5.74) is 0.537. The zero-order valence-electron chi connectivity index (χ0n) is 11.5. The Hall–Kier alpha value is -1.29. The molecule has 0 saturated carbocycles. The van der Waals surface area contributed by atoms with Crippen LogP contribution in [0.3, 0.4) is 0 Å². The van der Waals surface area contributed by atoms with Crippen LogP contribution in [0.1, 0.15) is 6.92 Å². The molecule has 1 aliphatic rings. The monoisotopic (exact) mass is 331 g/mol. The summed E-state index contributed by atoms with van der Waals surface area (Å²) < 4.78 is 35.6. The number of anilines is 1. The Bertz CT molecular complexity index is 633. The van der Waals surface area contributed by atoms with E-state index in [1.54, 1.807) is 5.01 Å². The fourth-order valence-corrected chi connectivity index (χ4v) is 4.05. The topological polar surface area (TPSA) is 95.6 Å². The van der Waals surface area contributed by atoms with Crippen molar-refractivity contribution in [3.05, 3.63) is 24.3 Å². The quantitative estimate of drug-likeness (QED) is 0.803. The van der Waals surface area contributed by atoms with E-state index in [1.807, 2.05) is 0 Å². The lowest BCUT2D eigenvalue weighted by Crippen LogP contribution is -2.48. The Morgan fingerprint density at radius 2 is 1.76 bits per heavy atom. The van der Waals surface area contributed by atoms with E-state index in [0.29, 0.717) is 30.3 Å². The van der Waals surface area contributed by atoms with Crippen LogP contribution in [0, 0.1) is 0 Å². The van der Waals surface area contributed by atoms with Gasteiger partial charge in [0.1, 0.15) is 0 Å². The van der Waals surface area contributed by atoms with Gasteiger partial charge in [-0.25, -0.2) is 13.4 Å². The summed E-state index contributed by atoms with van der Waals surface area (Å²) >= 11 is 0. The van der Waals surface area contributed by atoms with Crippen LogP contribution < -0.4 is 10.1 Å². The van der Waals surface area contributed by atoms with Crippen LogP contribution in [0.2, 0.25) is 0 Å². The van der Waals surface area contributed by atoms with Crippen molar-refractivity contribution in [1.29, 1.82) is 0 Å². The summed E-state index contributed by atoms with van der Waals surface area (Å²) in [5.74, 6) is 0.707. The molecule has 1 amide bonds. The number of hydrogen-bond acceptors (Lipinski definition) is 5. The lowest BCUT2D eigenvalue weighted by atomic mass is 10.3. The molecule has 7 nitrogen and oxygen atoms in total. The summed E-state index contributed by atoms with van der Waals surface area (Å²) in [6.07, 6.45) is 0. The fraction of sp³-hybridized carbons (Fsp3) is 0.417. The first-order valence-corrected chi connectivity index (χ1v) is 9.34. The third kappa shape index (κ3) is 4.60. The molecule has 1 aromatic rings. The van der Waals surface area contributed by atoms with E-state index in [2.05, 4.69) is 10.1 Å². The van der Waals surface area contributed by atoms with E-state index >= 15 is 0 Å². The molecule has 2 rings (SSSR count). The number of nitrogens with one attached hydrogen (secondary N) is 2. The number of carbonyl (C=O) groups is 1. The molecule has 1 heterocycles. The van der Waals surface area contributed by atoms with Crippen LogP contribution >= 0.6 is 0 Å². The molecule has 1 saturated heterocycles. The van der Waals surface area contributed by atoms with Crippen LogP contribution in [0.15, 0.2) is 29.2 Å². The number of nitrogens with zero attached hydrogens (tertiary/aromatic N) is 1. The van der Waals surface area contributed by atoms with Crippen LogP contribution in [0.25, 0.3) is 0 Å². The second kappa shape index (κ2) is 6.65. The molecule has 1 fully saturated rings. The Morgan fingerprint density at radius 3 is 2.29 bits per heavy atom. The largest absolute Gasteiger partial charge is 0.326 e. The van der Waals surface area contributed by atoms with Gasteiger partial charge >= 0.3 is 0 Å². The van der Waals surface area contributed by atoms with Gasteiger partial charge in [0, 0.05) is 48.0 Å². The second-order valence-electron chi connectivity index (χ2n) is 4.64. The first-order chi connectivity index (χ1) is 9.87. The summed E-state index contributed by atoms with van der Waals surface area (Å²) in [7, 11) is -4.52. The van der Waals surface area contributed by atoms with Crippen molar-refractivity contribution in [1.82, 2.24) is 9.84 Å². The second-order valence-corrected chi connectivity index (χ2v) is 7.99. The van der Waals surface area contributed by atoms with E-state index in [4.69, 9.17) is 0 Å². The summed E-state index contributed by atoms with van der Waals surface area (Å²) in [6, 6.07) is 5.91. The normalized spacial score (nSPS) is 17.6. The maximum Gasteiger partial charge on any atom is 0.253 e. The maximum atomic E-state index is 12.2. The lowest BCUT2D eigenvalue weighted by molar-refractivity contribution is -0.114. The summed E-state index contributed by atoms with van der Waals surface area (Å²) in [5, 5.41) is 4.13. The zero-order valence-corrected chi connectivity index (χ0v) is 13.2. The van der Waals surface area contributed by atoms with Crippen molar-refractivity contribution in [2.45, 2.75) is 11.8 Å². The molecule has 0 atom stereocenters. The van der Waals surface area contributed by atoms with Gasteiger partial charge in [-0.2, -0.15) is 0 Å². The number of carbonyl (C=O) groups excluding carboxylic acids is 1. The van der Waals surface area contributed by atoms with Gasteiger partial charge < -0.3 is 5.32 Å². The molecular weight excluding hydrogens is 314 g/mol. The van der Waals surface area contributed by atoms with Gasteiger partial charge in [-0.3, -0.25) is 9.00 Å². The number of sulfonamides is 1. The highest BCUT2D eigenvalue weighted by Crippen LogP contribution is 2.14. The minimum Gasteiger partial charge on any atom is -0.326 e. The number of hydrogen-bond donors (Lipinski definition) is 2. The molecule has 2 N–H and O–H groups in total.